The van der Waals surface area contributed by atoms with Crippen molar-refractivity contribution in [3.8, 4) is 0 Å². The number of nitrogens with one attached hydrogen (secondary N) is 4. The molecule has 7 rings (SSSR count). The van der Waals surface area contributed by atoms with Crippen LogP contribution in [0.25, 0.3) is 0 Å². The molecule has 0 aliphatic carbocycles. The van der Waals surface area contributed by atoms with E-state index in [1.807, 2.05) is 45.9 Å². The molecule has 3 aromatic carbocycles. The third-order valence-electron chi connectivity index (χ3n) is 10.7. The van der Waals surface area contributed by atoms with Crippen LogP contribution in [0.1, 0.15) is 69.1 Å². The number of aromatic nitrogens is 2. The van der Waals surface area contributed by atoms with Crippen molar-refractivity contribution in [1.29, 1.82) is 0 Å². The van der Waals surface area contributed by atoms with Crippen molar-refractivity contribution in [1.82, 2.24) is 29.8 Å². The number of anilines is 5. The van der Waals surface area contributed by atoms with Crippen molar-refractivity contribution in [2.75, 3.05) is 54.8 Å². The van der Waals surface area contributed by atoms with Gasteiger partial charge in [-0.2, -0.15) is 4.98 Å². The van der Waals surface area contributed by atoms with E-state index in [1.165, 1.54) is 11.3 Å². The molecule has 0 radical (unpaired) electrons. The SMILES string of the molecule is Cc1cnc(Nc2ccc(N3CCC(N4CCN(Cc5ccc(C6CCC(=O)NC6=O)cc5)CC4)CC3)cc2)nc1Nc1cccc(S(=O)(=O)NC(C)(C)C)c1. The van der Waals surface area contributed by atoms with Gasteiger partial charge in [0.05, 0.1) is 10.8 Å². The minimum absolute atomic E-state index is 0.177. The third-order valence-corrected chi connectivity index (χ3v) is 12.5. The molecule has 14 heteroatoms. The normalized spacial score (nSPS) is 19.1. The van der Waals surface area contributed by atoms with Gasteiger partial charge in [-0.15, -0.1) is 0 Å². The molecule has 0 bridgehead atoms. The standard InChI is InChI=1S/C42H53N9O4S/c1-29-27-43-41(47-39(29)44-33-6-5-7-36(26-33)56(54,55)48-42(2,3)4)45-32-12-14-34(15-13-32)50-20-18-35(19-21-50)51-24-22-49(23-25-51)28-30-8-10-31(11-9-30)37-16-17-38(52)46-40(37)53/h5-15,26-27,35,37,48H,16-25,28H2,1-4H3,(H,46,52,53)(H2,43,44,45,47). The van der Waals surface area contributed by atoms with Gasteiger partial charge in [-0.1, -0.05) is 30.3 Å². The van der Waals surface area contributed by atoms with Crippen LogP contribution in [-0.4, -0.2) is 90.8 Å². The molecular weight excluding hydrogens is 727 g/mol. The second kappa shape index (κ2) is 16.7. The second-order valence-corrected chi connectivity index (χ2v) is 17.9. The molecular formula is C42H53N9O4S. The maximum absolute atomic E-state index is 12.9. The van der Waals surface area contributed by atoms with Crippen LogP contribution in [0.2, 0.25) is 0 Å². The lowest BCUT2D eigenvalue weighted by molar-refractivity contribution is -0.134. The van der Waals surface area contributed by atoms with E-state index in [1.54, 1.807) is 24.4 Å². The molecule has 4 N–H and O–H groups in total. The molecule has 296 valence electrons. The lowest BCUT2D eigenvalue weighted by atomic mass is 9.90. The quantitative estimate of drug-likeness (QED) is 0.140. The Labute approximate surface area is 330 Å². The number of rotatable bonds is 11. The Morgan fingerprint density at radius 3 is 2.23 bits per heavy atom. The highest BCUT2D eigenvalue weighted by Gasteiger charge is 2.29. The summed E-state index contributed by atoms with van der Waals surface area (Å²) in [5, 5.41) is 9.04. The van der Waals surface area contributed by atoms with Crippen LogP contribution >= 0.6 is 0 Å². The number of carbonyl (C=O) groups excluding carboxylic acids is 2. The topological polar surface area (TPSA) is 152 Å². The predicted octanol–water partition coefficient (Wildman–Crippen LogP) is 5.66. The Bertz CT molecular complexity index is 2120. The number of piperidine rings is 2. The van der Waals surface area contributed by atoms with E-state index < -0.39 is 15.6 Å². The van der Waals surface area contributed by atoms with Crippen molar-refractivity contribution in [3.63, 3.8) is 0 Å². The van der Waals surface area contributed by atoms with Gasteiger partial charge in [0.1, 0.15) is 5.82 Å². The minimum atomic E-state index is -3.68. The highest BCUT2D eigenvalue weighted by atomic mass is 32.2. The molecule has 4 aromatic rings. The number of nitrogens with zero attached hydrogens (tertiary/aromatic N) is 5. The molecule has 0 saturated carbocycles. The molecule has 13 nitrogen and oxygen atoms in total. The van der Waals surface area contributed by atoms with Gasteiger partial charge in [-0.3, -0.25) is 24.7 Å². The summed E-state index contributed by atoms with van der Waals surface area (Å²) in [5.41, 5.74) is 5.15. The van der Waals surface area contributed by atoms with E-state index in [0.29, 0.717) is 36.3 Å². The Kier molecular flexibility index (Phi) is 11.7. The number of benzene rings is 3. The molecule has 1 aromatic heterocycles. The smallest absolute Gasteiger partial charge is 0.241 e. The van der Waals surface area contributed by atoms with Crippen LogP contribution in [-0.2, 0) is 26.2 Å². The van der Waals surface area contributed by atoms with Crippen LogP contribution in [0.4, 0.5) is 28.8 Å². The molecule has 0 spiro atoms. The van der Waals surface area contributed by atoms with Crippen LogP contribution in [0.3, 0.4) is 0 Å². The fourth-order valence-corrected chi connectivity index (χ4v) is 9.22. The first-order valence-corrected chi connectivity index (χ1v) is 21.0. The Morgan fingerprint density at radius 2 is 1.55 bits per heavy atom. The lowest BCUT2D eigenvalue weighted by Gasteiger charge is -2.43. The van der Waals surface area contributed by atoms with Gasteiger partial charge in [0.2, 0.25) is 27.8 Å². The third kappa shape index (κ3) is 9.91. The van der Waals surface area contributed by atoms with Gasteiger partial charge >= 0.3 is 0 Å². The fourth-order valence-electron chi connectivity index (χ4n) is 7.75. The molecule has 4 heterocycles. The Hall–Kier alpha value is -4.89. The fraction of sp³-hybridized carbons (Fsp3) is 0.429. The number of imide groups is 1. The van der Waals surface area contributed by atoms with Gasteiger partial charge < -0.3 is 15.5 Å². The predicted molar refractivity (Wildman–Crippen MR) is 220 cm³/mol. The zero-order chi connectivity index (χ0) is 39.5. The van der Waals surface area contributed by atoms with E-state index >= 15 is 0 Å². The monoisotopic (exact) mass is 779 g/mol. The maximum atomic E-state index is 12.9. The van der Waals surface area contributed by atoms with Gasteiger partial charge in [0.15, 0.2) is 0 Å². The zero-order valence-electron chi connectivity index (χ0n) is 32.7. The number of sulfonamides is 1. The average Bonchev–Trinajstić information content (AvgIpc) is 3.17. The molecule has 56 heavy (non-hydrogen) atoms. The molecule has 3 fully saturated rings. The first kappa shape index (κ1) is 39.3. The van der Waals surface area contributed by atoms with Crippen LogP contribution in [0, 0.1) is 6.92 Å². The van der Waals surface area contributed by atoms with Crippen LogP contribution in [0.5, 0.6) is 0 Å². The molecule has 3 aliphatic heterocycles. The Morgan fingerprint density at radius 1 is 0.839 bits per heavy atom. The largest absolute Gasteiger partial charge is 0.371 e. The number of hydrogen-bond acceptors (Lipinski definition) is 11. The summed E-state index contributed by atoms with van der Waals surface area (Å²) >= 11 is 0. The van der Waals surface area contributed by atoms with E-state index in [2.05, 4.69) is 76.8 Å². The maximum Gasteiger partial charge on any atom is 0.241 e. The molecule has 3 aliphatic rings. The average molecular weight is 780 g/mol. The summed E-state index contributed by atoms with van der Waals surface area (Å²) in [5.74, 6) is 0.415. The van der Waals surface area contributed by atoms with E-state index in [-0.39, 0.29) is 22.6 Å². The zero-order valence-corrected chi connectivity index (χ0v) is 33.5. The summed E-state index contributed by atoms with van der Waals surface area (Å²) in [7, 11) is -3.68. The summed E-state index contributed by atoms with van der Waals surface area (Å²) < 4.78 is 28.5. The Balaban J connectivity index is 0.866. The number of piperazine rings is 1. The molecule has 1 atom stereocenters. The first-order chi connectivity index (χ1) is 26.8. The minimum Gasteiger partial charge on any atom is -0.371 e. The van der Waals surface area contributed by atoms with E-state index in [9.17, 15) is 18.0 Å². The number of carbonyl (C=O) groups is 2. The van der Waals surface area contributed by atoms with Gasteiger partial charge in [-0.25, -0.2) is 18.1 Å². The number of amides is 2. The van der Waals surface area contributed by atoms with E-state index in [0.717, 1.165) is 75.5 Å². The van der Waals surface area contributed by atoms with Crippen molar-refractivity contribution < 1.29 is 18.0 Å². The number of aryl methyl sites for hydroxylation is 1. The molecule has 2 amide bonds. The van der Waals surface area contributed by atoms with Crippen LogP contribution in [0.15, 0.2) is 83.9 Å². The van der Waals surface area contributed by atoms with Crippen molar-refractivity contribution in [2.45, 2.75) is 82.3 Å². The summed E-state index contributed by atoms with van der Waals surface area (Å²) in [6.45, 7) is 14.5. The first-order valence-electron chi connectivity index (χ1n) is 19.5. The molecule has 1 unspecified atom stereocenters. The van der Waals surface area contributed by atoms with Gasteiger partial charge in [0.25, 0.3) is 0 Å². The summed E-state index contributed by atoms with van der Waals surface area (Å²) in [6.07, 6.45) is 4.98. The van der Waals surface area contributed by atoms with Crippen molar-refractivity contribution in [3.05, 3.63) is 95.7 Å². The summed E-state index contributed by atoms with van der Waals surface area (Å²) in [4.78, 5) is 40.8. The van der Waals surface area contributed by atoms with Crippen LogP contribution < -0.4 is 25.6 Å². The van der Waals surface area contributed by atoms with Gasteiger partial charge in [-0.05, 0) is 101 Å². The van der Waals surface area contributed by atoms with Crippen molar-refractivity contribution in [2.24, 2.45) is 0 Å². The highest BCUT2D eigenvalue weighted by molar-refractivity contribution is 7.89. The second-order valence-electron chi connectivity index (χ2n) is 16.2. The highest BCUT2D eigenvalue weighted by Crippen LogP contribution is 2.28. The summed E-state index contributed by atoms with van der Waals surface area (Å²) in [6, 6.07) is 24.0. The number of hydrogen-bond donors (Lipinski definition) is 4. The lowest BCUT2D eigenvalue weighted by Crippen LogP contribution is -2.53. The van der Waals surface area contributed by atoms with Gasteiger partial charge in [0, 0.05) is 92.6 Å². The van der Waals surface area contributed by atoms with Crippen molar-refractivity contribution >= 4 is 50.7 Å². The molecule has 3 saturated heterocycles. The van der Waals surface area contributed by atoms with E-state index in [4.69, 9.17) is 4.98 Å².